The number of nitrogens with one attached hydrogen (secondary N) is 1. The molecule has 29 heavy (non-hydrogen) atoms. The largest absolute Gasteiger partial charge is 0.456 e. The number of aliphatic hydroxyl groups excluding tert-OH is 1. The Morgan fingerprint density at radius 3 is 2.59 bits per heavy atom. The van der Waals surface area contributed by atoms with Crippen LogP contribution in [0.3, 0.4) is 0 Å². The maximum atomic E-state index is 11.3. The van der Waals surface area contributed by atoms with Crippen LogP contribution in [0.15, 0.2) is 59.0 Å². The Labute approximate surface area is 169 Å². The minimum Gasteiger partial charge on any atom is -0.456 e. The summed E-state index contributed by atoms with van der Waals surface area (Å²) in [5, 5.41) is 17.2. The van der Waals surface area contributed by atoms with Gasteiger partial charge in [-0.1, -0.05) is 36.4 Å². The van der Waals surface area contributed by atoms with Gasteiger partial charge in [0.05, 0.1) is 25.0 Å². The third-order valence-electron chi connectivity index (χ3n) is 5.11. The van der Waals surface area contributed by atoms with Crippen molar-refractivity contribution in [3.63, 3.8) is 0 Å². The molecule has 0 aliphatic heterocycles. The molecule has 3 aromatic carbocycles. The van der Waals surface area contributed by atoms with Crippen LogP contribution < -0.4 is 5.32 Å². The predicted molar refractivity (Wildman–Crippen MR) is 114 cm³/mol. The summed E-state index contributed by atoms with van der Waals surface area (Å²) in [5.74, 6) is 0. The van der Waals surface area contributed by atoms with E-state index in [9.17, 15) is 13.5 Å². The fourth-order valence-corrected chi connectivity index (χ4v) is 3.89. The number of fused-ring (bicyclic) bond motifs is 4. The first-order chi connectivity index (χ1) is 13.8. The first kappa shape index (κ1) is 19.8. The quantitative estimate of drug-likeness (QED) is 0.451. The zero-order valence-electron chi connectivity index (χ0n) is 16.3. The Morgan fingerprint density at radius 2 is 1.83 bits per heavy atom. The Balaban J connectivity index is 1.67. The number of hydrogen-bond acceptors (Lipinski definition) is 6. The second-order valence-electron chi connectivity index (χ2n) is 7.62. The van der Waals surface area contributed by atoms with E-state index in [1.54, 1.807) is 6.92 Å². The third kappa shape index (κ3) is 4.13. The minimum atomic E-state index is -3.59. The lowest BCUT2D eigenvalue weighted by molar-refractivity contribution is 0.118. The fourth-order valence-electron chi connectivity index (χ4n) is 3.41. The van der Waals surface area contributed by atoms with Gasteiger partial charge in [-0.05, 0) is 41.5 Å². The molecule has 0 radical (unpaired) electrons. The summed E-state index contributed by atoms with van der Waals surface area (Å²) in [7, 11) is -3.59. The van der Waals surface area contributed by atoms with Crippen LogP contribution in [0.2, 0.25) is 0 Å². The van der Waals surface area contributed by atoms with Gasteiger partial charge in [0, 0.05) is 17.3 Å². The molecule has 4 rings (SSSR count). The van der Waals surface area contributed by atoms with E-state index in [0.29, 0.717) is 6.54 Å². The molecule has 0 saturated heterocycles. The third-order valence-corrected chi connectivity index (χ3v) is 5.66. The molecule has 0 aliphatic rings. The van der Waals surface area contributed by atoms with Crippen LogP contribution in [-0.2, 0) is 20.8 Å². The monoisotopic (exact) mass is 413 g/mol. The van der Waals surface area contributed by atoms with Crippen molar-refractivity contribution in [1.29, 1.82) is 0 Å². The van der Waals surface area contributed by atoms with Crippen molar-refractivity contribution in [2.75, 3.05) is 19.5 Å². The molecule has 2 N–H and O–H groups in total. The van der Waals surface area contributed by atoms with Crippen molar-refractivity contribution in [3.05, 3.63) is 60.2 Å². The summed E-state index contributed by atoms with van der Waals surface area (Å²) in [6.07, 6.45) is 0.994. The lowest BCUT2D eigenvalue weighted by Gasteiger charge is -2.28. The zero-order valence-corrected chi connectivity index (χ0v) is 17.1. The Kier molecular flexibility index (Phi) is 5.08. The standard InChI is InChI=1S/C22H23NO5S/c1-22(13-24,14-27-29(2,25)26)23-12-16-7-5-6-15-10-19-17-8-3-4-9-20(17)28-21(19)11-18(15)16/h3-11,23-24H,12-14H2,1-2H3. The van der Waals surface area contributed by atoms with Gasteiger partial charge >= 0.3 is 0 Å². The first-order valence-corrected chi connectivity index (χ1v) is 11.1. The lowest BCUT2D eigenvalue weighted by atomic mass is 10.00. The highest BCUT2D eigenvalue weighted by atomic mass is 32.2. The molecule has 0 spiro atoms. The summed E-state index contributed by atoms with van der Waals surface area (Å²) in [6, 6.07) is 18.1. The van der Waals surface area contributed by atoms with E-state index in [1.807, 2.05) is 42.5 Å². The minimum absolute atomic E-state index is 0.152. The fraction of sp³-hybridized carbons (Fsp3) is 0.273. The van der Waals surface area contributed by atoms with E-state index < -0.39 is 15.7 Å². The normalized spacial score (nSPS) is 14.6. The first-order valence-electron chi connectivity index (χ1n) is 9.31. The van der Waals surface area contributed by atoms with Crippen molar-refractivity contribution in [2.24, 2.45) is 0 Å². The SMILES string of the molecule is CC(CO)(COS(C)(=O)=O)NCc1cccc2cc3c(cc12)oc1ccccc13. The summed E-state index contributed by atoms with van der Waals surface area (Å²) in [6.45, 7) is 1.75. The maximum absolute atomic E-state index is 11.3. The van der Waals surface area contributed by atoms with Crippen LogP contribution >= 0.6 is 0 Å². The van der Waals surface area contributed by atoms with E-state index in [1.165, 1.54) is 0 Å². The molecule has 6 nitrogen and oxygen atoms in total. The van der Waals surface area contributed by atoms with E-state index >= 15 is 0 Å². The van der Waals surface area contributed by atoms with Crippen LogP contribution in [0, 0.1) is 0 Å². The highest BCUT2D eigenvalue weighted by Crippen LogP contribution is 2.33. The zero-order chi connectivity index (χ0) is 20.6. The topological polar surface area (TPSA) is 88.8 Å². The van der Waals surface area contributed by atoms with Gasteiger partial charge in [0.25, 0.3) is 10.1 Å². The van der Waals surface area contributed by atoms with Crippen LogP contribution in [0.25, 0.3) is 32.7 Å². The van der Waals surface area contributed by atoms with Crippen LogP contribution in [0.5, 0.6) is 0 Å². The highest BCUT2D eigenvalue weighted by molar-refractivity contribution is 7.85. The predicted octanol–water partition coefficient (Wildman–Crippen LogP) is 3.56. The van der Waals surface area contributed by atoms with Gasteiger partial charge < -0.3 is 14.8 Å². The average molecular weight is 413 g/mol. The number of benzene rings is 3. The molecule has 152 valence electrons. The second kappa shape index (κ2) is 7.42. The molecule has 1 aromatic heterocycles. The van der Waals surface area contributed by atoms with Gasteiger partial charge in [-0.3, -0.25) is 4.18 Å². The maximum Gasteiger partial charge on any atom is 0.264 e. The van der Waals surface area contributed by atoms with Crippen LogP contribution in [0.1, 0.15) is 12.5 Å². The average Bonchev–Trinajstić information content (AvgIpc) is 3.06. The molecule has 1 heterocycles. The van der Waals surface area contributed by atoms with Gasteiger partial charge in [-0.15, -0.1) is 0 Å². The molecule has 4 aromatic rings. The molecule has 7 heteroatoms. The lowest BCUT2D eigenvalue weighted by Crippen LogP contribution is -2.49. The summed E-state index contributed by atoms with van der Waals surface area (Å²) in [4.78, 5) is 0. The smallest absolute Gasteiger partial charge is 0.264 e. The number of rotatable bonds is 7. The van der Waals surface area contributed by atoms with Crippen molar-refractivity contribution in [1.82, 2.24) is 5.32 Å². The molecular formula is C22H23NO5S. The van der Waals surface area contributed by atoms with Gasteiger partial charge in [0.15, 0.2) is 0 Å². The molecule has 0 aliphatic carbocycles. The van der Waals surface area contributed by atoms with Crippen molar-refractivity contribution < 1.29 is 22.1 Å². The molecule has 0 saturated carbocycles. The number of para-hydroxylation sites is 1. The molecule has 1 unspecified atom stereocenters. The molecule has 0 amide bonds. The second-order valence-corrected chi connectivity index (χ2v) is 9.27. The Hall–Kier alpha value is -2.45. The van der Waals surface area contributed by atoms with Crippen LogP contribution in [-0.4, -0.2) is 38.5 Å². The van der Waals surface area contributed by atoms with Gasteiger partial charge in [-0.2, -0.15) is 8.42 Å². The number of hydrogen-bond donors (Lipinski definition) is 2. The molecule has 1 atom stereocenters. The van der Waals surface area contributed by atoms with Crippen LogP contribution in [0.4, 0.5) is 0 Å². The molecular weight excluding hydrogens is 390 g/mol. The van der Waals surface area contributed by atoms with E-state index in [-0.39, 0.29) is 13.2 Å². The Morgan fingerprint density at radius 1 is 1.03 bits per heavy atom. The summed E-state index contributed by atoms with van der Waals surface area (Å²) in [5.41, 5.74) is 1.79. The Bertz CT molecular complexity index is 1290. The van der Waals surface area contributed by atoms with Crippen molar-refractivity contribution in [2.45, 2.75) is 19.0 Å². The van der Waals surface area contributed by atoms with Gasteiger partial charge in [0.2, 0.25) is 0 Å². The summed E-state index contributed by atoms with van der Waals surface area (Å²) < 4.78 is 33.5. The summed E-state index contributed by atoms with van der Waals surface area (Å²) >= 11 is 0. The number of furan rings is 1. The van der Waals surface area contributed by atoms with Gasteiger partial charge in [-0.25, -0.2) is 0 Å². The van der Waals surface area contributed by atoms with E-state index in [2.05, 4.69) is 17.4 Å². The van der Waals surface area contributed by atoms with Crippen molar-refractivity contribution in [3.8, 4) is 0 Å². The number of aliphatic hydroxyl groups is 1. The highest BCUT2D eigenvalue weighted by Gasteiger charge is 2.25. The van der Waals surface area contributed by atoms with Crippen molar-refractivity contribution >= 4 is 42.8 Å². The van der Waals surface area contributed by atoms with E-state index in [4.69, 9.17) is 8.60 Å². The molecule has 0 fully saturated rings. The molecule has 0 bridgehead atoms. The van der Waals surface area contributed by atoms with Gasteiger partial charge in [0.1, 0.15) is 11.2 Å². The van der Waals surface area contributed by atoms with E-state index in [0.717, 1.165) is 44.5 Å².